The van der Waals surface area contributed by atoms with Gasteiger partial charge in [-0.3, -0.25) is 0 Å². The number of methoxy groups -OCH3 is 2. The Balaban J connectivity index is 2.67. The van der Waals surface area contributed by atoms with Crippen LogP contribution >= 0.6 is 31.9 Å². The predicted molar refractivity (Wildman–Crippen MR) is 86.3 cm³/mol. The minimum atomic E-state index is 0.492. The van der Waals surface area contributed by atoms with E-state index >= 15 is 0 Å². The van der Waals surface area contributed by atoms with Gasteiger partial charge >= 0.3 is 0 Å². The molecule has 4 nitrogen and oxygen atoms in total. The average molecular weight is 407 g/mol. The molecule has 0 aliphatic heterocycles. The van der Waals surface area contributed by atoms with Crippen molar-refractivity contribution in [3.8, 4) is 5.75 Å². The van der Waals surface area contributed by atoms with Gasteiger partial charge in [0, 0.05) is 18.1 Å². The van der Waals surface area contributed by atoms with Gasteiger partial charge < -0.3 is 19.2 Å². The summed E-state index contributed by atoms with van der Waals surface area (Å²) in [5.74, 6) is 1.65. The molecule has 2 rings (SSSR count). The number of ether oxygens (including phenoxy) is 2. The summed E-state index contributed by atoms with van der Waals surface area (Å²) in [6, 6.07) is 1.89. The van der Waals surface area contributed by atoms with Crippen molar-refractivity contribution >= 4 is 42.8 Å². The Hall–Kier alpha value is -0.560. The van der Waals surface area contributed by atoms with Crippen molar-refractivity contribution in [1.82, 2.24) is 5.32 Å². The lowest BCUT2D eigenvalue weighted by atomic mass is 10.1. The van der Waals surface area contributed by atoms with Crippen LogP contribution < -0.4 is 10.1 Å². The van der Waals surface area contributed by atoms with Crippen molar-refractivity contribution in [2.75, 3.05) is 20.8 Å². The second-order valence-electron chi connectivity index (χ2n) is 4.30. The molecular formula is C14H17Br2NO3. The van der Waals surface area contributed by atoms with E-state index < -0.39 is 0 Å². The lowest BCUT2D eigenvalue weighted by Crippen LogP contribution is -2.12. The Labute approximate surface area is 135 Å². The molecule has 110 valence electrons. The Morgan fingerprint density at radius 2 is 2.05 bits per heavy atom. The zero-order chi connectivity index (χ0) is 14.7. The van der Waals surface area contributed by atoms with E-state index in [0.29, 0.717) is 13.2 Å². The van der Waals surface area contributed by atoms with Crippen LogP contribution in [0.5, 0.6) is 5.75 Å². The molecule has 0 unspecified atom stereocenters. The van der Waals surface area contributed by atoms with Crippen LogP contribution in [0.1, 0.15) is 18.2 Å². The molecule has 1 N–H and O–H groups in total. The maximum atomic E-state index is 5.99. The van der Waals surface area contributed by atoms with Gasteiger partial charge in [-0.1, -0.05) is 6.92 Å². The Kier molecular flexibility index (Phi) is 5.49. The molecule has 20 heavy (non-hydrogen) atoms. The van der Waals surface area contributed by atoms with E-state index in [1.807, 2.05) is 6.07 Å². The topological polar surface area (TPSA) is 43.6 Å². The number of fused-ring (bicyclic) bond motifs is 1. The van der Waals surface area contributed by atoms with Crippen LogP contribution in [0.2, 0.25) is 0 Å². The minimum Gasteiger partial charge on any atom is -0.496 e. The fourth-order valence-corrected chi connectivity index (χ4v) is 3.29. The van der Waals surface area contributed by atoms with Crippen LogP contribution in [-0.2, 0) is 17.9 Å². The first-order valence-electron chi connectivity index (χ1n) is 6.29. The van der Waals surface area contributed by atoms with Crippen LogP contribution in [0, 0.1) is 0 Å². The Morgan fingerprint density at radius 3 is 2.65 bits per heavy atom. The molecule has 0 saturated carbocycles. The number of benzene rings is 1. The second kappa shape index (κ2) is 6.93. The number of hydrogen-bond donors (Lipinski definition) is 1. The van der Waals surface area contributed by atoms with E-state index in [1.54, 1.807) is 14.2 Å². The number of hydrogen-bond acceptors (Lipinski definition) is 4. The number of furan rings is 1. The predicted octanol–water partition coefficient (Wildman–Crippen LogP) is 4.22. The van der Waals surface area contributed by atoms with Gasteiger partial charge in [-0.25, -0.2) is 0 Å². The lowest BCUT2D eigenvalue weighted by Gasteiger charge is -2.07. The highest BCUT2D eigenvalue weighted by atomic mass is 79.9. The summed E-state index contributed by atoms with van der Waals surface area (Å²) in [5.41, 5.74) is 1.84. The molecule has 0 amide bonds. The molecule has 6 heteroatoms. The molecule has 1 heterocycles. The van der Waals surface area contributed by atoms with Gasteiger partial charge in [0.05, 0.1) is 29.2 Å². The third-order valence-corrected chi connectivity index (χ3v) is 4.42. The summed E-state index contributed by atoms with van der Waals surface area (Å²) in [6.07, 6.45) is 0. The Bertz CT molecular complexity index is 610. The van der Waals surface area contributed by atoms with Gasteiger partial charge in [0.15, 0.2) is 0 Å². The van der Waals surface area contributed by atoms with E-state index in [-0.39, 0.29) is 0 Å². The van der Waals surface area contributed by atoms with E-state index in [9.17, 15) is 0 Å². The molecule has 0 saturated heterocycles. The van der Waals surface area contributed by atoms with Crippen LogP contribution in [0.3, 0.4) is 0 Å². The van der Waals surface area contributed by atoms with Crippen molar-refractivity contribution in [3.05, 3.63) is 26.3 Å². The molecule has 0 radical (unpaired) electrons. The normalized spacial score (nSPS) is 11.2. The van der Waals surface area contributed by atoms with Crippen molar-refractivity contribution < 1.29 is 13.9 Å². The van der Waals surface area contributed by atoms with Gasteiger partial charge in [0.1, 0.15) is 17.1 Å². The van der Waals surface area contributed by atoms with Crippen molar-refractivity contribution in [3.63, 3.8) is 0 Å². The smallest absolute Gasteiger partial charge is 0.150 e. The SMILES string of the molecule is CCNCc1oc2c(Br)cc(OC)c(Br)c2c1COC. The molecule has 0 bridgehead atoms. The summed E-state index contributed by atoms with van der Waals surface area (Å²) < 4.78 is 18.4. The zero-order valence-corrected chi connectivity index (χ0v) is 14.9. The molecule has 0 aliphatic carbocycles. The molecule has 1 aromatic carbocycles. The van der Waals surface area contributed by atoms with Crippen LogP contribution in [-0.4, -0.2) is 20.8 Å². The van der Waals surface area contributed by atoms with Crippen molar-refractivity contribution in [2.45, 2.75) is 20.1 Å². The van der Waals surface area contributed by atoms with Crippen molar-refractivity contribution in [1.29, 1.82) is 0 Å². The molecule has 0 fully saturated rings. The largest absolute Gasteiger partial charge is 0.496 e. The van der Waals surface area contributed by atoms with Gasteiger partial charge in [0.2, 0.25) is 0 Å². The standard InChI is InChI=1S/C14H17Br2NO3/c1-4-17-6-11-8(7-18-2)12-13(16)10(19-3)5-9(15)14(12)20-11/h5,17H,4,6-7H2,1-3H3. The summed E-state index contributed by atoms with van der Waals surface area (Å²) in [4.78, 5) is 0. The fourth-order valence-electron chi connectivity index (χ4n) is 2.11. The quantitative estimate of drug-likeness (QED) is 0.779. The number of nitrogens with one attached hydrogen (secondary N) is 1. The molecule has 1 aromatic heterocycles. The summed E-state index contributed by atoms with van der Waals surface area (Å²) in [7, 11) is 3.33. The fraction of sp³-hybridized carbons (Fsp3) is 0.429. The second-order valence-corrected chi connectivity index (χ2v) is 5.94. The molecule has 0 atom stereocenters. The van der Waals surface area contributed by atoms with Crippen LogP contribution in [0.25, 0.3) is 11.0 Å². The zero-order valence-electron chi connectivity index (χ0n) is 11.7. The molecule has 0 spiro atoms. The number of rotatable bonds is 6. The highest BCUT2D eigenvalue weighted by Gasteiger charge is 2.21. The highest BCUT2D eigenvalue weighted by molar-refractivity contribution is 9.11. The minimum absolute atomic E-state index is 0.492. The first kappa shape index (κ1) is 15.8. The maximum absolute atomic E-state index is 5.99. The van der Waals surface area contributed by atoms with Crippen LogP contribution in [0.15, 0.2) is 19.4 Å². The average Bonchev–Trinajstić information content (AvgIpc) is 2.80. The van der Waals surface area contributed by atoms with E-state index in [0.717, 1.165) is 43.5 Å². The maximum Gasteiger partial charge on any atom is 0.150 e. The van der Waals surface area contributed by atoms with Crippen molar-refractivity contribution in [2.24, 2.45) is 0 Å². The number of halogens is 2. The lowest BCUT2D eigenvalue weighted by molar-refractivity contribution is 0.183. The van der Waals surface area contributed by atoms with E-state index in [4.69, 9.17) is 13.9 Å². The first-order chi connectivity index (χ1) is 9.63. The van der Waals surface area contributed by atoms with E-state index in [2.05, 4.69) is 44.1 Å². The van der Waals surface area contributed by atoms with Gasteiger partial charge in [0.25, 0.3) is 0 Å². The molecule has 2 aromatic rings. The third kappa shape index (κ3) is 2.88. The Morgan fingerprint density at radius 1 is 1.30 bits per heavy atom. The molecular weight excluding hydrogens is 390 g/mol. The summed E-state index contributed by atoms with van der Waals surface area (Å²) in [6.45, 7) is 4.11. The summed E-state index contributed by atoms with van der Waals surface area (Å²) in [5, 5.41) is 4.27. The third-order valence-electron chi connectivity index (χ3n) is 3.05. The van der Waals surface area contributed by atoms with Crippen LogP contribution in [0.4, 0.5) is 0 Å². The highest BCUT2D eigenvalue weighted by Crippen LogP contribution is 2.42. The monoisotopic (exact) mass is 405 g/mol. The summed E-state index contributed by atoms with van der Waals surface area (Å²) >= 11 is 7.13. The van der Waals surface area contributed by atoms with E-state index in [1.165, 1.54) is 0 Å². The van der Waals surface area contributed by atoms with Gasteiger partial charge in [-0.15, -0.1) is 0 Å². The first-order valence-corrected chi connectivity index (χ1v) is 7.88. The molecule has 0 aliphatic rings. The van der Waals surface area contributed by atoms with Gasteiger partial charge in [-0.05, 0) is 44.5 Å². The van der Waals surface area contributed by atoms with Gasteiger partial charge in [-0.2, -0.15) is 0 Å².